The van der Waals surface area contributed by atoms with Crippen LogP contribution in [0.4, 0.5) is 0 Å². The van der Waals surface area contributed by atoms with Gasteiger partial charge in [0.2, 0.25) is 0 Å². The zero-order valence-corrected chi connectivity index (χ0v) is 10.9. The number of hydrogen-bond donors (Lipinski definition) is 1. The van der Waals surface area contributed by atoms with E-state index in [4.69, 9.17) is 19.9 Å². The van der Waals surface area contributed by atoms with Crippen LogP contribution in [-0.4, -0.2) is 35.6 Å². The summed E-state index contributed by atoms with van der Waals surface area (Å²) >= 11 is 0. The van der Waals surface area contributed by atoms with Crippen molar-refractivity contribution in [3.8, 4) is 6.07 Å². The van der Waals surface area contributed by atoms with Crippen molar-refractivity contribution in [3.63, 3.8) is 0 Å². The number of carbonyl (C=O) groups is 1. The largest absolute Gasteiger partial charge is 0.452 e. The number of hydrogen-bond acceptors (Lipinski definition) is 6. The summed E-state index contributed by atoms with van der Waals surface area (Å²) in [5, 5.41) is 21.7. The summed E-state index contributed by atoms with van der Waals surface area (Å²) in [6, 6.07) is 8.78. The lowest BCUT2D eigenvalue weighted by Gasteiger charge is -2.17. The summed E-state index contributed by atoms with van der Waals surface area (Å²) in [4.78, 5) is 16.4. The fourth-order valence-electron chi connectivity index (χ4n) is 1.98. The second-order valence-electron chi connectivity index (χ2n) is 4.35. The summed E-state index contributed by atoms with van der Waals surface area (Å²) in [6.07, 6.45) is -0.816. The highest BCUT2D eigenvalue weighted by atomic mass is 16.7. The number of esters is 1. The Balaban J connectivity index is 2.24. The molecule has 0 spiro atoms. The highest BCUT2D eigenvalue weighted by molar-refractivity contribution is 6.05. The topological polar surface area (TPSA) is 91.9 Å². The lowest BCUT2D eigenvalue weighted by Crippen LogP contribution is -2.35. The average Bonchev–Trinajstić information content (AvgIpc) is 2.82. The molecule has 0 saturated carbocycles. The molecule has 6 nitrogen and oxygen atoms in total. The second-order valence-corrected chi connectivity index (χ2v) is 4.35. The van der Waals surface area contributed by atoms with Crippen LogP contribution in [0.15, 0.2) is 29.4 Å². The van der Waals surface area contributed by atoms with Gasteiger partial charge in [0.1, 0.15) is 5.71 Å². The van der Waals surface area contributed by atoms with Gasteiger partial charge in [-0.25, -0.2) is 0 Å². The van der Waals surface area contributed by atoms with E-state index in [0.717, 1.165) is 5.56 Å². The van der Waals surface area contributed by atoms with E-state index in [2.05, 4.69) is 5.16 Å². The monoisotopic (exact) mass is 274 g/mol. The van der Waals surface area contributed by atoms with Gasteiger partial charge in [0, 0.05) is 25.5 Å². The minimum atomic E-state index is -0.646. The molecule has 1 N–H and O–H groups in total. The van der Waals surface area contributed by atoms with Crippen LogP contribution < -0.4 is 0 Å². The van der Waals surface area contributed by atoms with Gasteiger partial charge in [-0.2, -0.15) is 5.26 Å². The van der Waals surface area contributed by atoms with Crippen molar-refractivity contribution in [2.75, 3.05) is 6.61 Å². The molecule has 6 heteroatoms. The van der Waals surface area contributed by atoms with E-state index < -0.39 is 18.2 Å². The molecule has 1 aromatic carbocycles. The van der Waals surface area contributed by atoms with Crippen molar-refractivity contribution in [1.82, 2.24) is 0 Å². The fourth-order valence-corrected chi connectivity index (χ4v) is 1.98. The number of aliphatic hydroxyl groups is 1. The van der Waals surface area contributed by atoms with Crippen LogP contribution in [0.5, 0.6) is 0 Å². The van der Waals surface area contributed by atoms with Gasteiger partial charge in [-0.1, -0.05) is 17.3 Å². The quantitative estimate of drug-likeness (QED) is 0.826. The van der Waals surface area contributed by atoms with Gasteiger partial charge in [0.25, 0.3) is 0 Å². The minimum Gasteiger partial charge on any atom is -0.452 e. The summed E-state index contributed by atoms with van der Waals surface area (Å²) in [5.74, 6) is -0.440. The van der Waals surface area contributed by atoms with Crippen LogP contribution >= 0.6 is 0 Å². The Morgan fingerprint density at radius 1 is 1.50 bits per heavy atom. The van der Waals surface area contributed by atoms with E-state index >= 15 is 0 Å². The number of nitriles is 1. The maximum Gasteiger partial charge on any atom is 0.303 e. The predicted octanol–water partition coefficient (Wildman–Crippen LogP) is 0.975. The Morgan fingerprint density at radius 2 is 2.20 bits per heavy atom. The first-order valence-corrected chi connectivity index (χ1v) is 6.18. The normalized spacial score (nSPS) is 20.8. The van der Waals surface area contributed by atoms with Gasteiger partial charge in [-0.3, -0.25) is 4.79 Å². The van der Waals surface area contributed by atoms with E-state index in [9.17, 15) is 4.79 Å². The van der Waals surface area contributed by atoms with Gasteiger partial charge in [-0.05, 0) is 12.1 Å². The first-order chi connectivity index (χ1) is 9.65. The molecule has 0 aliphatic carbocycles. The third-order valence-corrected chi connectivity index (χ3v) is 2.91. The van der Waals surface area contributed by atoms with Crippen LogP contribution in [0.1, 0.15) is 24.5 Å². The van der Waals surface area contributed by atoms with Crippen molar-refractivity contribution in [2.24, 2.45) is 5.16 Å². The summed E-state index contributed by atoms with van der Waals surface area (Å²) in [7, 11) is 0. The molecule has 0 unspecified atom stereocenters. The molecule has 1 aromatic rings. The predicted molar refractivity (Wildman–Crippen MR) is 69.8 cm³/mol. The van der Waals surface area contributed by atoms with Crippen molar-refractivity contribution < 1.29 is 19.5 Å². The summed E-state index contributed by atoms with van der Waals surface area (Å²) < 4.78 is 5.23. The van der Waals surface area contributed by atoms with Crippen LogP contribution in [-0.2, 0) is 14.4 Å². The lowest BCUT2D eigenvalue weighted by atomic mass is 9.99. The van der Waals surface area contributed by atoms with E-state index in [1.54, 1.807) is 24.3 Å². The smallest absolute Gasteiger partial charge is 0.303 e. The molecule has 20 heavy (non-hydrogen) atoms. The standard InChI is InChI=1S/C14H14N2O4/c1-9(18)19-14-12(6-7-17)20-16-13(14)11-4-2-10(8-15)3-5-11/h2-5,12,14,17H,6-7H2,1H3/t12-,14-/m0/s1. The highest BCUT2D eigenvalue weighted by Gasteiger charge is 2.37. The number of carbonyl (C=O) groups excluding carboxylic acids is 1. The minimum absolute atomic E-state index is 0.0847. The Kier molecular flexibility index (Phi) is 4.33. The van der Waals surface area contributed by atoms with Crippen molar-refractivity contribution in [1.29, 1.82) is 5.26 Å². The Bertz CT molecular complexity index is 560. The molecule has 0 fully saturated rings. The molecule has 0 radical (unpaired) electrons. The summed E-state index contributed by atoms with van der Waals surface area (Å²) in [6.45, 7) is 1.23. The molecule has 2 rings (SSSR count). The lowest BCUT2D eigenvalue weighted by molar-refractivity contribution is -0.147. The highest BCUT2D eigenvalue weighted by Crippen LogP contribution is 2.22. The molecule has 2 atom stereocenters. The third-order valence-electron chi connectivity index (χ3n) is 2.91. The van der Waals surface area contributed by atoms with Gasteiger partial charge < -0.3 is 14.7 Å². The Morgan fingerprint density at radius 3 is 2.75 bits per heavy atom. The maximum atomic E-state index is 11.2. The van der Waals surface area contributed by atoms with Crippen LogP contribution in [0.2, 0.25) is 0 Å². The molecular formula is C14H14N2O4. The van der Waals surface area contributed by atoms with Crippen LogP contribution in [0.3, 0.4) is 0 Å². The molecule has 0 bridgehead atoms. The molecule has 1 aliphatic heterocycles. The second kappa shape index (κ2) is 6.17. The van der Waals surface area contributed by atoms with E-state index in [-0.39, 0.29) is 6.61 Å². The van der Waals surface area contributed by atoms with Crippen molar-refractivity contribution >= 4 is 11.7 Å². The van der Waals surface area contributed by atoms with E-state index in [0.29, 0.717) is 17.7 Å². The number of aliphatic hydroxyl groups excluding tert-OH is 1. The van der Waals surface area contributed by atoms with Gasteiger partial charge in [-0.15, -0.1) is 0 Å². The van der Waals surface area contributed by atoms with Gasteiger partial charge >= 0.3 is 5.97 Å². The van der Waals surface area contributed by atoms with E-state index in [1.807, 2.05) is 6.07 Å². The molecule has 1 heterocycles. The zero-order valence-electron chi connectivity index (χ0n) is 10.9. The van der Waals surface area contributed by atoms with Crippen molar-refractivity contribution in [2.45, 2.75) is 25.6 Å². The summed E-state index contributed by atoms with van der Waals surface area (Å²) in [5.41, 5.74) is 1.74. The number of rotatable bonds is 4. The number of nitrogens with zero attached hydrogens (tertiary/aromatic N) is 2. The molecular weight excluding hydrogens is 260 g/mol. The van der Waals surface area contributed by atoms with Gasteiger partial charge in [0.05, 0.1) is 11.6 Å². The first kappa shape index (κ1) is 14.0. The molecule has 0 amide bonds. The first-order valence-electron chi connectivity index (χ1n) is 6.18. The van der Waals surface area contributed by atoms with E-state index in [1.165, 1.54) is 6.92 Å². The Hall–Kier alpha value is -2.39. The third kappa shape index (κ3) is 2.95. The Labute approximate surface area is 116 Å². The van der Waals surface area contributed by atoms with Crippen LogP contribution in [0, 0.1) is 11.3 Å². The molecule has 0 aromatic heterocycles. The SMILES string of the molecule is CC(=O)O[C@@H]1C(c2ccc(C#N)cc2)=NO[C@H]1CCO. The average molecular weight is 274 g/mol. The molecule has 1 aliphatic rings. The van der Waals surface area contributed by atoms with Crippen molar-refractivity contribution in [3.05, 3.63) is 35.4 Å². The number of oxime groups is 1. The number of benzene rings is 1. The van der Waals surface area contributed by atoms with Gasteiger partial charge in [0.15, 0.2) is 12.2 Å². The zero-order chi connectivity index (χ0) is 14.5. The number of ether oxygens (including phenoxy) is 1. The maximum absolute atomic E-state index is 11.2. The molecule has 104 valence electrons. The fraction of sp³-hybridized carbons (Fsp3) is 0.357. The molecule has 0 saturated heterocycles. The van der Waals surface area contributed by atoms with Crippen LogP contribution in [0.25, 0.3) is 0 Å².